The molecule has 0 bridgehead atoms. The number of hydrogen-bond donors (Lipinski definition) is 1. The van der Waals surface area contributed by atoms with E-state index in [0.717, 1.165) is 37.9 Å². The average molecular weight is 275 g/mol. The molecule has 3 heteroatoms. The summed E-state index contributed by atoms with van der Waals surface area (Å²) >= 11 is 0. The van der Waals surface area contributed by atoms with Crippen molar-refractivity contribution in [2.24, 2.45) is 5.41 Å². The van der Waals surface area contributed by atoms with E-state index in [2.05, 4.69) is 43.0 Å². The van der Waals surface area contributed by atoms with Crippen LogP contribution in [0.3, 0.4) is 0 Å². The van der Waals surface area contributed by atoms with Crippen LogP contribution in [0.15, 0.2) is 24.3 Å². The van der Waals surface area contributed by atoms with Gasteiger partial charge < -0.3 is 10.0 Å². The van der Waals surface area contributed by atoms with Crippen LogP contribution >= 0.6 is 0 Å². The molecule has 20 heavy (non-hydrogen) atoms. The fourth-order valence-corrected chi connectivity index (χ4v) is 3.17. The SMILES string of the molecule is CCN(CC1(C(=O)O)CCCCC1)c1ccc(C)cc1. The van der Waals surface area contributed by atoms with E-state index in [4.69, 9.17) is 0 Å². The van der Waals surface area contributed by atoms with Crippen molar-refractivity contribution in [2.75, 3.05) is 18.0 Å². The van der Waals surface area contributed by atoms with E-state index in [1.54, 1.807) is 0 Å². The minimum absolute atomic E-state index is 0.556. The molecule has 0 atom stereocenters. The van der Waals surface area contributed by atoms with Crippen LogP contribution in [-0.4, -0.2) is 24.2 Å². The first-order valence-electron chi connectivity index (χ1n) is 7.62. The Labute approximate surface area is 121 Å². The number of nitrogens with zero attached hydrogens (tertiary/aromatic N) is 1. The molecule has 0 radical (unpaired) electrons. The standard InChI is InChI=1S/C17H25NO2/c1-3-18(15-9-7-14(2)8-10-15)13-17(16(19)20)11-5-4-6-12-17/h7-10H,3-6,11-13H2,1-2H3,(H,19,20). The summed E-state index contributed by atoms with van der Waals surface area (Å²) in [7, 11) is 0. The molecule has 0 aromatic heterocycles. The molecule has 0 unspecified atom stereocenters. The van der Waals surface area contributed by atoms with Crippen LogP contribution in [0.5, 0.6) is 0 Å². The number of carboxylic acids is 1. The first-order valence-corrected chi connectivity index (χ1v) is 7.62. The number of carbonyl (C=O) groups is 1. The topological polar surface area (TPSA) is 40.5 Å². The van der Waals surface area contributed by atoms with Crippen LogP contribution < -0.4 is 4.90 Å². The van der Waals surface area contributed by atoms with E-state index in [9.17, 15) is 9.90 Å². The van der Waals surface area contributed by atoms with Crippen molar-refractivity contribution in [2.45, 2.75) is 46.0 Å². The number of aryl methyl sites for hydroxylation is 1. The van der Waals surface area contributed by atoms with E-state index in [0.29, 0.717) is 6.54 Å². The second-order valence-corrected chi connectivity index (χ2v) is 6.00. The Morgan fingerprint density at radius 3 is 2.30 bits per heavy atom. The lowest BCUT2D eigenvalue weighted by molar-refractivity contribution is -0.150. The van der Waals surface area contributed by atoms with Gasteiger partial charge in [-0.2, -0.15) is 0 Å². The molecule has 0 spiro atoms. The van der Waals surface area contributed by atoms with Gasteiger partial charge >= 0.3 is 5.97 Å². The van der Waals surface area contributed by atoms with E-state index in [1.165, 1.54) is 12.0 Å². The maximum atomic E-state index is 11.8. The van der Waals surface area contributed by atoms with Gasteiger partial charge in [-0.15, -0.1) is 0 Å². The highest BCUT2D eigenvalue weighted by Gasteiger charge is 2.40. The van der Waals surface area contributed by atoms with Gasteiger partial charge in [0.15, 0.2) is 0 Å². The van der Waals surface area contributed by atoms with Gasteiger partial charge in [-0.05, 0) is 38.8 Å². The normalized spacial score (nSPS) is 17.7. The lowest BCUT2D eigenvalue weighted by Crippen LogP contribution is -2.44. The summed E-state index contributed by atoms with van der Waals surface area (Å²) in [4.78, 5) is 14.0. The van der Waals surface area contributed by atoms with Gasteiger partial charge in [0, 0.05) is 18.8 Å². The minimum atomic E-state index is -0.622. The van der Waals surface area contributed by atoms with Gasteiger partial charge in [-0.25, -0.2) is 0 Å². The predicted molar refractivity (Wildman–Crippen MR) is 82.2 cm³/mol. The Morgan fingerprint density at radius 1 is 1.20 bits per heavy atom. The Hall–Kier alpha value is -1.51. The average Bonchev–Trinajstić information content (AvgIpc) is 2.47. The van der Waals surface area contributed by atoms with E-state index in [-0.39, 0.29) is 0 Å². The molecule has 0 heterocycles. The summed E-state index contributed by atoms with van der Waals surface area (Å²) in [6.45, 7) is 5.64. The molecular formula is C17H25NO2. The number of hydrogen-bond acceptors (Lipinski definition) is 2. The van der Waals surface area contributed by atoms with Gasteiger partial charge in [-0.3, -0.25) is 4.79 Å². The second-order valence-electron chi connectivity index (χ2n) is 6.00. The molecule has 3 nitrogen and oxygen atoms in total. The maximum absolute atomic E-state index is 11.8. The van der Waals surface area contributed by atoms with Crippen LogP contribution in [0.25, 0.3) is 0 Å². The third-order valence-corrected chi connectivity index (χ3v) is 4.54. The van der Waals surface area contributed by atoms with Crippen LogP contribution in [0.2, 0.25) is 0 Å². The van der Waals surface area contributed by atoms with Gasteiger partial charge in [-0.1, -0.05) is 37.0 Å². The quantitative estimate of drug-likeness (QED) is 0.887. The van der Waals surface area contributed by atoms with E-state index < -0.39 is 11.4 Å². The van der Waals surface area contributed by atoms with Gasteiger partial charge in [0.05, 0.1) is 5.41 Å². The Balaban J connectivity index is 2.18. The molecule has 1 aromatic rings. The van der Waals surface area contributed by atoms with E-state index >= 15 is 0 Å². The van der Waals surface area contributed by atoms with Crippen LogP contribution in [0.4, 0.5) is 5.69 Å². The second kappa shape index (κ2) is 6.29. The Kier molecular flexibility index (Phi) is 4.69. The summed E-state index contributed by atoms with van der Waals surface area (Å²) in [5.74, 6) is -0.622. The van der Waals surface area contributed by atoms with Gasteiger partial charge in [0.2, 0.25) is 0 Å². The summed E-state index contributed by atoms with van der Waals surface area (Å²) in [5.41, 5.74) is 1.80. The predicted octanol–water partition coefficient (Wildman–Crippen LogP) is 3.86. The highest BCUT2D eigenvalue weighted by molar-refractivity contribution is 5.76. The minimum Gasteiger partial charge on any atom is -0.481 e. The Morgan fingerprint density at radius 2 is 1.80 bits per heavy atom. The zero-order chi connectivity index (χ0) is 14.6. The molecule has 1 fully saturated rings. The molecule has 1 aliphatic carbocycles. The fourth-order valence-electron chi connectivity index (χ4n) is 3.17. The summed E-state index contributed by atoms with van der Waals surface area (Å²) in [6.07, 6.45) is 4.87. The zero-order valence-electron chi connectivity index (χ0n) is 12.6. The number of anilines is 1. The van der Waals surface area contributed by atoms with Crippen molar-refractivity contribution in [1.82, 2.24) is 0 Å². The van der Waals surface area contributed by atoms with Crippen molar-refractivity contribution in [3.05, 3.63) is 29.8 Å². The lowest BCUT2D eigenvalue weighted by atomic mass is 9.73. The molecule has 110 valence electrons. The molecule has 1 aliphatic rings. The van der Waals surface area contributed by atoms with Gasteiger partial charge in [0.1, 0.15) is 0 Å². The van der Waals surface area contributed by atoms with E-state index in [1.807, 2.05) is 0 Å². The summed E-state index contributed by atoms with van der Waals surface area (Å²) in [5, 5.41) is 9.70. The zero-order valence-corrected chi connectivity index (χ0v) is 12.6. The molecule has 0 aliphatic heterocycles. The first kappa shape index (κ1) is 14.9. The van der Waals surface area contributed by atoms with Crippen molar-refractivity contribution in [3.63, 3.8) is 0 Å². The van der Waals surface area contributed by atoms with Crippen molar-refractivity contribution < 1.29 is 9.90 Å². The smallest absolute Gasteiger partial charge is 0.311 e. The molecule has 0 amide bonds. The van der Waals surface area contributed by atoms with Crippen LogP contribution in [0.1, 0.15) is 44.6 Å². The van der Waals surface area contributed by atoms with Crippen molar-refractivity contribution in [1.29, 1.82) is 0 Å². The molecule has 1 N–H and O–H groups in total. The molecule has 1 aromatic carbocycles. The van der Waals surface area contributed by atoms with Crippen LogP contribution in [0, 0.1) is 12.3 Å². The fraction of sp³-hybridized carbons (Fsp3) is 0.588. The van der Waals surface area contributed by atoms with Gasteiger partial charge in [0.25, 0.3) is 0 Å². The molecule has 1 saturated carbocycles. The number of rotatable bonds is 5. The monoisotopic (exact) mass is 275 g/mol. The number of aliphatic carboxylic acids is 1. The highest BCUT2D eigenvalue weighted by Crippen LogP contribution is 2.38. The third-order valence-electron chi connectivity index (χ3n) is 4.54. The third kappa shape index (κ3) is 3.14. The first-order chi connectivity index (χ1) is 9.57. The molecule has 0 saturated heterocycles. The Bertz CT molecular complexity index is 447. The number of benzene rings is 1. The van der Waals surface area contributed by atoms with Crippen LogP contribution in [-0.2, 0) is 4.79 Å². The molecule has 2 rings (SSSR count). The van der Waals surface area contributed by atoms with Crippen molar-refractivity contribution in [3.8, 4) is 0 Å². The number of carboxylic acid groups (broad SMARTS) is 1. The highest BCUT2D eigenvalue weighted by atomic mass is 16.4. The largest absolute Gasteiger partial charge is 0.481 e. The maximum Gasteiger partial charge on any atom is 0.311 e. The summed E-state index contributed by atoms with van der Waals surface area (Å²) in [6, 6.07) is 8.37. The molecular weight excluding hydrogens is 250 g/mol. The summed E-state index contributed by atoms with van der Waals surface area (Å²) < 4.78 is 0. The van der Waals surface area contributed by atoms with Crippen molar-refractivity contribution >= 4 is 11.7 Å². The lowest BCUT2D eigenvalue weighted by Gasteiger charge is -2.38.